The number of hydrogen-bond acceptors (Lipinski definition) is 10. The summed E-state index contributed by atoms with van der Waals surface area (Å²) in [6.07, 6.45) is 8.35. The molecule has 284 valence electrons. The van der Waals surface area contributed by atoms with Gasteiger partial charge in [0, 0.05) is 67.1 Å². The zero-order valence-electron chi connectivity index (χ0n) is 30.4. The molecule has 55 heavy (non-hydrogen) atoms. The molecule has 13 nitrogen and oxygen atoms in total. The second kappa shape index (κ2) is 16.9. The normalized spacial score (nSPS) is 13.2. The molecule has 3 aliphatic rings. The Morgan fingerprint density at radius 3 is 2.29 bits per heavy atom. The number of carboxylic acids is 1. The standard InChI is InChI=1S/C41H41N5O8S/c1-46(2)29-12-8-27(9-13-29)44-45-28-10-16-32(17-11-28)55(52,53)43-22-6-4-3-5-21-42-40(49)26-7-18-33(36(23-26)41(50)51)39-34-19-14-30(47)24-37(34)54-38-25-31(48)15-20-35(38)39/h7-8,10-12,14-20,23-25,43,47H,3-6,9,13,21-22H2,1-2H3,(H,42,49)(H,50,51). The van der Waals surface area contributed by atoms with Crippen LogP contribution in [0.5, 0.6) is 5.75 Å². The first-order chi connectivity index (χ1) is 26.4. The minimum absolute atomic E-state index is 0.0581. The minimum Gasteiger partial charge on any atom is -0.508 e. The number of phenols is 1. The van der Waals surface area contributed by atoms with Crippen LogP contribution in [0.4, 0.5) is 5.69 Å². The lowest BCUT2D eigenvalue weighted by Crippen LogP contribution is -2.25. The quantitative estimate of drug-likeness (QED) is 0.0477. The van der Waals surface area contributed by atoms with Crippen LogP contribution < -0.4 is 15.5 Å². The van der Waals surface area contributed by atoms with E-state index >= 15 is 0 Å². The molecule has 6 rings (SSSR count). The van der Waals surface area contributed by atoms with E-state index in [1.54, 1.807) is 36.4 Å². The molecule has 3 aromatic carbocycles. The third kappa shape index (κ3) is 9.34. The van der Waals surface area contributed by atoms with Crippen molar-refractivity contribution in [2.24, 2.45) is 10.2 Å². The first-order valence-corrected chi connectivity index (χ1v) is 19.3. The van der Waals surface area contributed by atoms with Crippen LogP contribution in [0, 0.1) is 0 Å². The lowest BCUT2D eigenvalue weighted by molar-refractivity contribution is 0.0697. The van der Waals surface area contributed by atoms with Crippen molar-refractivity contribution < 1.29 is 32.6 Å². The van der Waals surface area contributed by atoms with Crippen LogP contribution in [0.2, 0.25) is 0 Å². The maximum absolute atomic E-state index is 13.0. The molecule has 1 aliphatic heterocycles. The molecule has 3 aromatic rings. The zero-order chi connectivity index (χ0) is 39.1. The van der Waals surface area contributed by atoms with Crippen molar-refractivity contribution in [3.8, 4) is 28.2 Å². The highest BCUT2D eigenvalue weighted by Gasteiger charge is 2.23. The number of rotatable bonds is 15. The number of amides is 1. The van der Waals surface area contributed by atoms with Crippen LogP contribution in [0.1, 0.15) is 59.2 Å². The Kier molecular flexibility index (Phi) is 11.9. The topological polar surface area (TPSA) is 191 Å². The van der Waals surface area contributed by atoms with Crippen LogP contribution in [0.3, 0.4) is 0 Å². The Bertz CT molecular complexity index is 2470. The summed E-state index contributed by atoms with van der Waals surface area (Å²) in [6, 6.07) is 19.3. The molecule has 14 heteroatoms. The summed E-state index contributed by atoms with van der Waals surface area (Å²) >= 11 is 0. The molecule has 0 fully saturated rings. The van der Waals surface area contributed by atoms with Crippen molar-refractivity contribution in [3.05, 3.63) is 124 Å². The molecule has 0 saturated carbocycles. The number of fused-ring (bicyclic) bond motifs is 2. The summed E-state index contributed by atoms with van der Waals surface area (Å²) < 4.78 is 34.1. The van der Waals surface area contributed by atoms with Crippen LogP contribution in [0.25, 0.3) is 33.4 Å². The van der Waals surface area contributed by atoms with Gasteiger partial charge in [-0.3, -0.25) is 9.59 Å². The van der Waals surface area contributed by atoms with Crippen LogP contribution in [-0.2, 0) is 10.0 Å². The van der Waals surface area contributed by atoms with Crippen molar-refractivity contribution in [2.75, 3.05) is 27.2 Å². The summed E-state index contributed by atoms with van der Waals surface area (Å²) in [5.74, 6) is -1.51. The maximum Gasteiger partial charge on any atom is 0.336 e. The van der Waals surface area contributed by atoms with Gasteiger partial charge in [0.15, 0.2) is 5.43 Å². The molecule has 0 aromatic heterocycles. The van der Waals surface area contributed by atoms with Crippen LogP contribution in [0.15, 0.2) is 127 Å². The number of nitrogens with one attached hydrogen (secondary N) is 2. The number of sulfonamides is 1. The first-order valence-electron chi connectivity index (χ1n) is 17.8. The Hall–Kier alpha value is -6.12. The van der Waals surface area contributed by atoms with Crippen molar-refractivity contribution in [2.45, 2.75) is 43.4 Å². The molecule has 2 aliphatic carbocycles. The molecule has 0 radical (unpaired) electrons. The molecule has 0 unspecified atom stereocenters. The number of carboxylic acid groups (broad SMARTS) is 1. The smallest absolute Gasteiger partial charge is 0.336 e. The van der Waals surface area contributed by atoms with Gasteiger partial charge in [-0.1, -0.05) is 18.9 Å². The summed E-state index contributed by atoms with van der Waals surface area (Å²) in [7, 11) is 0.312. The number of aromatic hydroxyl groups is 1. The third-order valence-electron chi connectivity index (χ3n) is 9.26. The van der Waals surface area contributed by atoms with Crippen LogP contribution >= 0.6 is 0 Å². The number of phenolic OH excluding ortho intramolecular Hbond substituents is 1. The van der Waals surface area contributed by atoms with Gasteiger partial charge in [0.1, 0.15) is 17.1 Å². The number of aromatic carboxylic acids is 1. The van der Waals surface area contributed by atoms with Gasteiger partial charge in [-0.05, 0) is 104 Å². The number of nitrogens with zero attached hydrogens (tertiary/aromatic N) is 3. The van der Waals surface area contributed by atoms with E-state index in [0.717, 1.165) is 31.4 Å². The third-order valence-corrected chi connectivity index (χ3v) is 10.7. The number of hydrogen-bond donors (Lipinski definition) is 4. The van der Waals surface area contributed by atoms with Gasteiger partial charge >= 0.3 is 5.97 Å². The predicted octanol–water partition coefficient (Wildman–Crippen LogP) is 7.44. The van der Waals surface area contributed by atoms with Gasteiger partial charge in [0.25, 0.3) is 5.91 Å². The van der Waals surface area contributed by atoms with Gasteiger partial charge in [-0.2, -0.15) is 10.2 Å². The molecule has 4 N–H and O–H groups in total. The molecular weight excluding hydrogens is 723 g/mol. The van der Waals surface area contributed by atoms with Crippen molar-refractivity contribution >= 4 is 38.6 Å². The summed E-state index contributed by atoms with van der Waals surface area (Å²) in [6.45, 7) is 0.608. The second-order valence-corrected chi connectivity index (χ2v) is 15.1. The monoisotopic (exact) mass is 763 g/mol. The summed E-state index contributed by atoms with van der Waals surface area (Å²) in [5.41, 5.74) is 3.97. The van der Waals surface area contributed by atoms with Gasteiger partial charge < -0.3 is 24.8 Å². The highest BCUT2D eigenvalue weighted by Crippen LogP contribution is 2.42. The van der Waals surface area contributed by atoms with E-state index in [0.29, 0.717) is 47.2 Å². The highest BCUT2D eigenvalue weighted by molar-refractivity contribution is 7.89. The fourth-order valence-corrected chi connectivity index (χ4v) is 7.39. The molecule has 0 spiro atoms. The van der Waals surface area contributed by atoms with E-state index in [9.17, 15) is 33.0 Å². The molecule has 0 bridgehead atoms. The van der Waals surface area contributed by atoms with E-state index in [4.69, 9.17) is 4.42 Å². The molecular formula is C41H41N5O8S. The minimum atomic E-state index is -3.69. The van der Waals surface area contributed by atoms with E-state index in [1.807, 2.05) is 26.2 Å². The van der Waals surface area contributed by atoms with Crippen molar-refractivity contribution in [1.82, 2.24) is 14.9 Å². The molecule has 0 atom stereocenters. The lowest BCUT2D eigenvalue weighted by Gasteiger charge is -2.19. The Morgan fingerprint density at radius 1 is 0.836 bits per heavy atom. The maximum atomic E-state index is 13.0. The summed E-state index contributed by atoms with van der Waals surface area (Å²) in [4.78, 5) is 39.8. The van der Waals surface area contributed by atoms with Gasteiger partial charge in [-0.25, -0.2) is 17.9 Å². The van der Waals surface area contributed by atoms with Crippen LogP contribution in [-0.4, -0.2) is 62.6 Å². The number of allylic oxidation sites excluding steroid dienone is 4. The number of carbonyl (C=O) groups is 2. The fourth-order valence-electron chi connectivity index (χ4n) is 6.31. The van der Waals surface area contributed by atoms with E-state index in [2.05, 4.69) is 25.2 Å². The largest absolute Gasteiger partial charge is 0.508 e. The van der Waals surface area contributed by atoms with E-state index < -0.39 is 21.9 Å². The first kappa shape index (κ1) is 38.6. The Labute approximate surface area is 318 Å². The van der Waals surface area contributed by atoms with Gasteiger partial charge in [-0.15, -0.1) is 0 Å². The van der Waals surface area contributed by atoms with E-state index in [-0.39, 0.29) is 45.1 Å². The number of benzene rings is 4. The van der Waals surface area contributed by atoms with Gasteiger partial charge in [0.2, 0.25) is 10.0 Å². The zero-order valence-corrected chi connectivity index (χ0v) is 31.2. The van der Waals surface area contributed by atoms with E-state index in [1.165, 1.54) is 48.2 Å². The molecule has 1 heterocycles. The number of carbonyl (C=O) groups excluding carboxylic acids is 1. The van der Waals surface area contributed by atoms with Crippen molar-refractivity contribution in [1.29, 1.82) is 0 Å². The Balaban J connectivity index is 0.982. The van der Waals surface area contributed by atoms with Gasteiger partial charge in [0.05, 0.1) is 21.8 Å². The SMILES string of the molecule is CN(C)C1=CC=C(N=Nc2ccc(S(=O)(=O)NCCCCCCNC(=O)c3ccc(-c4c5ccc(=O)cc-5oc5cc(O)ccc45)c(C(=O)O)c3)cc2)CC1. The molecule has 0 saturated heterocycles. The predicted molar refractivity (Wildman–Crippen MR) is 209 cm³/mol. The summed E-state index contributed by atoms with van der Waals surface area (Å²) in [5, 5.41) is 32.1. The number of azo groups is 1. The fraction of sp³-hybridized carbons (Fsp3) is 0.244. The molecule has 1 amide bonds. The number of unbranched alkanes of at least 4 members (excludes halogenated alkanes) is 3. The highest BCUT2D eigenvalue weighted by atomic mass is 32.2. The Morgan fingerprint density at radius 2 is 1.58 bits per heavy atom. The lowest BCUT2D eigenvalue weighted by atomic mass is 9.90. The average Bonchev–Trinajstić information content (AvgIpc) is 3.17. The second-order valence-electron chi connectivity index (χ2n) is 13.4. The van der Waals surface area contributed by atoms with Crippen molar-refractivity contribution in [3.63, 3.8) is 0 Å². The average molecular weight is 764 g/mol.